The normalized spacial score (nSPS) is 19.4. The summed E-state index contributed by atoms with van der Waals surface area (Å²) in [5.41, 5.74) is 1.15. The van der Waals surface area contributed by atoms with Crippen LogP contribution in [-0.4, -0.2) is 43.0 Å². The van der Waals surface area contributed by atoms with Gasteiger partial charge < -0.3 is 10.2 Å². The number of rotatable bonds is 5. The average Bonchev–Trinajstić information content (AvgIpc) is 2.93. The minimum absolute atomic E-state index is 0.0168. The van der Waals surface area contributed by atoms with Crippen LogP contribution in [0.1, 0.15) is 12.0 Å². The Balaban J connectivity index is 1.67. The third kappa shape index (κ3) is 3.98. The Labute approximate surface area is 136 Å². The smallest absolute Gasteiger partial charge is 0.224 e. The Bertz CT molecular complexity index is 765. The number of hydrogen-bond acceptors (Lipinski definition) is 6. The standard InChI is InChI=1S/C16H20N4O2S/c1-20(14-8-10-23(21,22)12-14)15-7-9-17-16(19-15)18-11-13-5-3-2-4-6-13/h2-7,9,14H,8,10-12H2,1H3,(H,17,18,19). The van der Waals surface area contributed by atoms with Crippen LogP contribution in [0, 0.1) is 0 Å². The lowest BCUT2D eigenvalue weighted by Gasteiger charge is -2.24. The molecule has 23 heavy (non-hydrogen) atoms. The van der Waals surface area contributed by atoms with Gasteiger partial charge in [0.05, 0.1) is 11.5 Å². The van der Waals surface area contributed by atoms with E-state index in [0.29, 0.717) is 18.9 Å². The van der Waals surface area contributed by atoms with E-state index in [1.807, 2.05) is 42.3 Å². The van der Waals surface area contributed by atoms with E-state index >= 15 is 0 Å². The van der Waals surface area contributed by atoms with Crippen LogP contribution < -0.4 is 10.2 Å². The average molecular weight is 332 g/mol. The van der Waals surface area contributed by atoms with Crippen LogP contribution >= 0.6 is 0 Å². The van der Waals surface area contributed by atoms with Crippen LogP contribution in [0.4, 0.5) is 11.8 Å². The van der Waals surface area contributed by atoms with Crippen molar-refractivity contribution in [2.24, 2.45) is 0 Å². The lowest BCUT2D eigenvalue weighted by Crippen LogP contribution is -2.33. The molecule has 2 heterocycles. The summed E-state index contributed by atoms with van der Waals surface area (Å²) in [6, 6.07) is 11.8. The molecule has 1 aromatic heterocycles. The van der Waals surface area contributed by atoms with Crippen molar-refractivity contribution < 1.29 is 8.42 Å². The summed E-state index contributed by atoms with van der Waals surface area (Å²) in [4.78, 5) is 10.6. The number of nitrogens with zero attached hydrogens (tertiary/aromatic N) is 3. The molecule has 1 fully saturated rings. The highest BCUT2D eigenvalue weighted by molar-refractivity contribution is 7.91. The van der Waals surface area contributed by atoms with Crippen LogP contribution in [0.25, 0.3) is 0 Å². The first-order valence-electron chi connectivity index (χ1n) is 7.58. The first kappa shape index (κ1) is 15.7. The SMILES string of the molecule is CN(c1ccnc(NCc2ccccc2)n1)C1CCS(=O)(=O)C1. The fraction of sp³-hybridized carbons (Fsp3) is 0.375. The number of benzene rings is 1. The van der Waals surface area contributed by atoms with E-state index in [-0.39, 0.29) is 17.5 Å². The molecule has 1 saturated heterocycles. The zero-order valence-corrected chi connectivity index (χ0v) is 13.8. The summed E-state index contributed by atoms with van der Waals surface area (Å²) in [5.74, 6) is 1.73. The fourth-order valence-electron chi connectivity index (χ4n) is 2.68. The zero-order chi connectivity index (χ0) is 16.3. The largest absolute Gasteiger partial charge is 0.355 e. The van der Waals surface area contributed by atoms with Crippen molar-refractivity contribution in [3.63, 3.8) is 0 Å². The summed E-state index contributed by atoms with van der Waals surface area (Å²) in [7, 11) is -1.02. The highest BCUT2D eigenvalue weighted by atomic mass is 32.2. The monoisotopic (exact) mass is 332 g/mol. The maximum atomic E-state index is 11.6. The molecule has 0 radical (unpaired) electrons. The molecule has 0 spiro atoms. The van der Waals surface area contributed by atoms with Gasteiger partial charge in [-0.2, -0.15) is 4.98 Å². The van der Waals surface area contributed by atoms with Crippen molar-refractivity contribution >= 4 is 21.6 Å². The molecule has 1 aromatic carbocycles. The molecule has 122 valence electrons. The van der Waals surface area contributed by atoms with Crippen LogP contribution in [-0.2, 0) is 16.4 Å². The van der Waals surface area contributed by atoms with Gasteiger partial charge in [0.1, 0.15) is 5.82 Å². The molecule has 1 aliphatic rings. The Kier molecular flexibility index (Phi) is 4.47. The molecule has 1 aliphatic heterocycles. The Hall–Kier alpha value is -2.15. The molecule has 1 unspecified atom stereocenters. The van der Waals surface area contributed by atoms with E-state index in [0.717, 1.165) is 11.4 Å². The van der Waals surface area contributed by atoms with Crippen molar-refractivity contribution in [3.05, 3.63) is 48.2 Å². The van der Waals surface area contributed by atoms with Gasteiger partial charge in [-0.15, -0.1) is 0 Å². The molecular formula is C16H20N4O2S. The van der Waals surface area contributed by atoms with Crippen molar-refractivity contribution in [2.45, 2.75) is 19.0 Å². The molecule has 3 rings (SSSR count). The van der Waals surface area contributed by atoms with Crippen molar-refractivity contribution in [1.29, 1.82) is 0 Å². The van der Waals surface area contributed by atoms with Gasteiger partial charge >= 0.3 is 0 Å². The predicted molar refractivity (Wildman–Crippen MR) is 91.3 cm³/mol. The summed E-state index contributed by atoms with van der Waals surface area (Å²) in [6.45, 7) is 0.645. The Morgan fingerprint density at radius 3 is 2.74 bits per heavy atom. The van der Waals surface area contributed by atoms with Crippen LogP contribution in [0.3, 0.4) is 0 Å². The highest BCUT2D eigenvalue weighted by Crippen LogP contribution is 2.21. The molecule has 6 nitrogen and oxygen atoms in total. The molecule has 2 aromatic rings. The molecule has 0 amide bonds. The number of aromatic nitrogens is 2. The summed E-state index contributed by atoms with van der Waals surface area (Å²) in [5, 5.41) is 3.20. The lowest BCUT2D eigenvalue weighted by molar-refractivity contribution is 0.600. The van der Waals surface area contributed by atoms with Gasteiger partial charge in [0.25, 0.3) is 0 Å². The third-order valence-electron chi connectivity index (χ3n) is 4.05. The quantitative estimate of drug-likeness (QED) is 0.898. The van der Waals surface area contributed by atoms with Gasteiger partial charge in [-0.25, -0.2) is 13.4 Å². The second-order valence-electron chi connectivity index (χ2n) is 5.75. The van der Waals surface area contributed by atoms with Crippen molar-refractivity contribution in [3.8, 4) is 0 Å². The van der Waals surface area contributed by atoms with Gasteiger partial charge in [-0.3, -0.25) is 0 Å². The Morgan fingerprint density at radius 1 is 1.26 bits per heavy atom. The Morgan fingerprint density at radius 2 is 2.04 bits per heavy atom. The lowest BCUT2D eigenvalue weighted by atomic mass is 10.2. The van der Waals surface area contributed by atoms with E-state index in [4.69, 9.17) is 0 Å². The second-order valence-corrected chi connectivity index (χ2v) is 7.97. The molecule has 0 bridgehead atoms. The minimum atomic E-state index is -2.91. The molecular weight excluding hydrogens is 312 g/mol. The van der Waals surface area contributed by atoms with Gasteiger partial charge in [0.15, 0.2) is 9.84 Å². The van der Waals surface area contributed by atoms with E-state index in [9.17, 15) is 8.42 Å². The van der Waals surface area contributed by atoms with Crippen LogP contribution in [0.2, 0.25) is 0 Å². The predicted octanol–water partition coefficient (Wildman–Crippen LogP) is 1.71. The topological polar surface area (TPSA) is 75.2 Å². The molecule has 0 saturated carbocycles. The van der Waals surface area contributed by atoms with E-state index < -0.39 is 9.84 Å². The van der Waals surface area contributed by atoms with Crippen molar-refractivity contribution in [1.82, 2.24) is 9.97 Å². The van der Waals surface area contributed by atoms with E-state index in [1.54, 1.807) is 12.3 Å². The summed E-state index contributed by atoms with van der Waals surface area (Å²) in [6.07, 6.45) is 2.34. The maximum absolute atomic E-state index is 11.6. The van der Waals surface area contributed by atoms with E-state index in [2.05, 4.69) is 15.3 Å². The summed E-state index contributed by atoms with van der Waals surface area (Å²) < 4.78 is 23.3. The van der Waals surface area contributed by atoms with Gasteiger partial charge in [-0.05, 0) is 18.1 Å². The van der Waals surface area contributed by atoms with Gasteiger partial charge in [-0.1, -0.05) is 30.3 Å². The zero-order valence-electron chi connectivity index (χ0n) is 13.0. The third-order valence-corrected chi connectivity index (χ3v) is 5.80. The number of hydrogen-bond donors (Lipinski definition) is 1. The highest BCUT2D eigenvalue weighted by Gasteiger charge is 2.31. The van der Waals surface area contributed by atoms with Crippen LogP contribution in [0.5, 0.6) is 0 Å². The molecule has 1 atom stereocenters. The molecule has 7 heteroatoms. The van der Waals surface area contributed by atoms with Crippen LogP contribution in [0.15, 0.2) is 42.6 Å². The van der Waals surface area contributed by atoms with Gasteiger partial charge in [0, 0.05) is 25.8 Å². The fourth-order valence-corrected chi connectivity index (χ4v) is 4.45. The van der Waals surface area contributed by atoms with Crippen molar-refractivity contribution in [2.75, 3.05) is 28.8 Å². The second kappa shape index (κ2) is 6.54. The first-order valence-corrected chi connectivity index (χ1v) is 9.40. The van der Waals surface area contributed by atoms with Gasteiger partial charge in [0.2, 0.25) is 5.95 Å². The van der Waals surface area contributed by atoms with E-state index in [1.165, 1.54) is 0 Å². The minimum Gasteiger partial charge on any atom is -0.355 e. The maximum Gasteiger partial charge on any atom is 0.224 e. The first-order chi connectivity index (χ1) is 11.0. The number of sulfone groups is 1. The number of nitrogens with one attached hydrogen (secondary N) is 1. The molecule has 1 N–H and O–H groups in total. The summed E-state index contributed by atoms with van der Waals surface area (Å²) >= 11 is 0. The number of anilines is 2. The molecule has 0 aliphatic carbocycles.